The molecule has 0 bridgehead atoms. The van der Waals surface area contributed by atoms with E-state index in [1.165, 1.54) is 25.3 Å². The van der Waals surface area contributed by atoms with E-state index in [1.54, 1.807) is 18.2 Å². The summed E-state index contributed by atoms with van der Waals surface area (Å²) in [7, 11) is 1.50. The third-order valence-corrected chi connectivity index (χ3v) is 3.34. The lowest BCUT2D eigenvalue weighted by Gasteiger charge is -2.09. The summed E-state index contributed by atoms with van der Waals surface area (Å²) in [6.45, 7) is 1.88. The minimum Gasteiger partial charge on any atom is -0.496 e. The van der Waals surface area contributed by atoms with Gasteiger partial charge in [-0.1, -0.05) is 17.7 Å². The van der Waals surface area contributed by atoms with Gasteiger partial charge in [0.15, 0.2) is 5.78 Å². The fourth-order valence-electron chi connectivity index (χ4n) is 2.19. The van der Waals surface area contributed by atoms with E-state index >= 15 is 0 Å². The number of benzene rings is 2. The van der Waals surface area contributed by atoms with Gasteiger partial charge in [-0.05, 0) is 37.3 Å². The number of ketones is 1. The molecule has 5 heteroatoms. The van der Waals surface area contributed by atoms with Crippen LogP contribution in [0.25, 0.3) is 0 Å². The van der Waals surface area contributed by atoms with Crippen molar-refractivity contribution in [2.75, 3.05) is 12.4 Å². The van der Waals surface area contributed by atoms with Crippen molar-refractivity contribution in [3.8, 4) is 5.75 Å². The standard InChI is InChI=1S/C18H18FNO3/c1-12-6-8-17(23-2)15(10-12)16(21)7-9-18(22)20-14-5-3-4-13(19)11-14/h3-6,8,10-11H,7,9H2,1-2H3,(H,20,22). The molecule has 0 aromatic heterocycles. The number of carbonyl (C=O) groups is 2. The number of rotatable bonds is 6. The van der Waals surface area contributed by atoms with Gasteiger partial charge in [-0.2, -0.15) is 0 Å². The normalized spacial score (nSPS) is 10.2. The number of hydrogen-bond donors (Lipinski definition) is 1. The molecule has 0 aliphatic carbocycles. The Morgan fingerprint density at radius 1 is 1.13 bits per heavy atom. The molecular formula is C18H18FNO3. The van der Waals surface area contributed by atoms with Gasteiger partial charge in [0, 0.05) is 18.5 Å². The van der Waals surface area contributed by atoms with Crippen LogP contribution < -0.4 is 10.1 Å². The van der Waals surface area contributed by atoms with Crippen LogP contribution in [-0.2, 0) is 4.79 Å². The Morgan fingerprint density at radius 3 is 2.61 bits per heavy atom. The average molecular weight is 315 g/mol. The van der Waals surface area contributed by atoms with Crippen molar-refractivity contribution >= 4 is 17.4 Å². The van der Waals surface area contributed by atoms with E-state index in [0.29, 0.717) is 17.0 Å². The molecule has 0 aliphatic heterocycles. The van der Waals surface area contributed by atoms with Crippen molar-refractivity contribution in [2.45, 2.75) is 19.8 Å². The molecule has 0 aliphatic rings. The molecule has 0 fully saturated rings. The second-order valence-corrected chi connectivity index (χ2v) is 5.19. The summed E-state index contributed by atoms with van der Waals surface area (Å²) >= 11 is 0. The molecule has 0 saturated carbocycles. The molecule has 0 heterocycles. The smallest absolute Gasteiger partial charge is 0.224 e. The lowest BCUT2D eigenvalue weighted by Crippen LogP contribution is -2.14. The number of nitrogens with one attached hydrogen (secondary N) is 1. The molecule has 23 heavy (non-hydrogen) atoms. The zero-order valence-corrected chi connectivity index (χ0v) is 13.1. The van der Waals surface area contributed by atoms with Crippen LogP contribution >= 0.6 is 0 Å². The number of Topliss-reactive ketones (excluding diaryl/α,β-unsaturated/α-hetero) is 1. The van der Waals surface area contributed by atoms with E-state index in [-0.39, 0.29) is 24.5 Å². The molecule has 2 rings (SSSR count). The highest BCUT2D eigenvalue weighted by Crippen LogP contribution is 2.22. The van der Waals surface area contributed by atoms with E-state index in [2.05, 4.69) is 5.32 Å². The first-order chi connectivity index (χ1) is 11.0. The molecule has 0 unspecified atom stereocenters. The van der Waals surface area contributed by atoms with Crippen molar-refractivity contribution in [2.24, 2.45) is 0 Å². The van der Waals surface area contributed by atoms with Gasteiger partial charge in [-0.3, -0.25) is 9.59 Å². The number of carbonyl (C=O) groups excluding carboxylic acids is 2. The van der Waals surface area contributed by atoms with E-state index in [9.17, 15) is 14.0 Å². The summed E-state index contributed by atoms with van der Waals surface area (Å²) < 4.78 is 18.2. The molecule has 0 spiro atoms. The van der Waals surface area contributed by atoms with Crippen molar-refractivity contribution in [3.05, 3.63) is 59.4 Å². The maximum Gasteiger partial charge on any atom is 0.224 e. The Kier molecular flexibility index (Phi) is 5.46. The largest absolute Gasteiger partial charge is 0.496 e. The highest BCUT2D eigenvalue weighted by Gasteiger charge is 2.14. The first kappa shape index (κ1) is 16.7. The topological polar surface area (TPSA) is 55.4 Å². The minimum absolute atomic E-state index is 0.0203. The SMILES string of the molecule is COc1ccc(C)cc1C(=O)CCC(=O)Nc1cccc(F)c1. The highest BCUT2D eigenvalue weighted by atomic mass is 19.1. The van der Waals surface area contributed by atoms with Gasteiger partial charge in [0.2, 0.25) is 5.91 Å². The van der Waals surface area contributed by atoms with Crippen molar-refractivity contribution < 1.29 is 18.7 Å². The molecule has 4 nitrogen and oxygen atoms in total. The number of hydrogen-bond acceptors (Lipinski definition) is 3. The zero-order chi connectivity index (χ0) is 16.8. The van der Waals surface area contributed by atoms with Crippen LogP contribution in [0.1, 0.15) is 28.8 Å². The number of methoxy groups -OCH3 is 1. The molecule has 1 amide bonds. The summed E-state index contributed by atoms with van der Waals surface area (Å²) in [5, 5.41) is 2.57. The van der Waals surface area contributed by atoms with Gasteiger partial charge in [0.25, 0.3) is 0 Å². The number of halogens is 1. The summed E-state index contributed by atoms with van der Waals surface area (Å²) in [6, 6.07) is 10.9. The maximum atomic E-state index is 13.1. The van der Waals surface area contributed by atoms with E-state index in [4.69, 9.17) is 4.74 Å². The Hall–Kier alpha value is -2.69. The molecule has 0 radical (unpaired) electrons. The molecular weight excluding hydrogens is 297 g/mol. The Morgan fingerprint density at radius 2 is 1.91 bits per heavy atom. The predicted molar refractivity (Wildman–Crippen MR) is 86.3 cm³/mol. The molecule has 1 N–H and O–H groups in total. The van der Waals surface area contributed by atoms with Crippen LogP contribution in [0.2, 0.25) is 0 Å². The minimum atomic E-state index is -0.427. The lowest BCUT2D eigenvalue weighted by atomic mass is 10.0. The first-order valence-corrected chi connectivity index (χ1v) is 7.23. The molecule has 2 aromatic rings. The van der Waals surface area contributed by atoms with Gasteiger partial charge < -0.3 is 10.1 Å². The maximum absolute atomic E-state index is 13.1. The summed E-state index contributed by atoms with van der Waals surface area (Å²) in [5.74, 6) is -0.440. The Bertz CT molecular complexity index is 728. The fraction of sp³-hybridized carbons (Fsp3) is 0.222. The van der Waals surface area contributed by atoms with Crippen LogP contribution in [-0.4, -0.2) is 18.8 Å². The van der Waals surface area contributed by atoms with E-state index in [1.807, 2.05) is 13.0 Å². The van der Waals surface area contributed by atoms with Gasteiger partial charge >= 0.3 is 0 Å². The van der Waals surface area contributed by atoms with Crippen LogP contribution in [0.3, 0.4) is 0 Å². The number of aryl methyl sites for hydroxylation is 1. The van der Waals surface area contributed by atoms with Crippen LogP contribution in [0.5, 0.6) is 5.75 Å². The second-order valence-electron chi connectivity index (χ2n) is 5.19. The van der Waals surface area contributed by atoms with Crippen molar-refractivity contribution in [1.82, 2.24) is 0 Å². The van der Waals surface area contributed by atoms with Gasteiger partial charge in [-0.25, -0.2) is 4.39 Å². The average Bonchev–Trinajstić information content (AvgIpc) is 2.52. The van der Waals surface area contributed by atoms with Crippen molar-refractivity contribution in [3.63, 3.8) is 0 Å². The lowest BCUT2D eigenvalue weighted by molar-refractivity contribution is -0.116. The quantitative estimate of drug-likeness (QED) is 0.826. The monoisotopic (exact) mass is 315 g/mol. The number of anilines is 1. The second kappa shape index (κ2) is 7.54. The summed E-state index contributed by atoms with van der Waals surface area (Å²) in [6.07, 6.45) is 0.0768. The summed E-state index contributed by atoms with van der Waals surface area (Å²) in [4.78, 5) is 24.1. The third-order valence-electron chi connectivity index (χ3n) is 3.34. The highest BCUT2D eigenvalue weighted by molar-refractivity contribution is 6.01. The molecule has 2 aromatic carbocycles. The van der Waals surface area contributed by atoms with Crippen LogP contribution in [0.4, 0.5) is 10.1 Å². The fourth-order valence-corrected chi connectivity index (χ4v) is 2.19. The van der Waals surface area contributed by atoms with Crippen LogP contribution in [0, 0.1) is 12.7 Å². The summed E-state index contributed by atoms with van der Waals surface area (Å²) in [5.41, 5.74) is 1.78. The van der Waals surface area contributed by atoms with Gasteiger partial charge in [-0.15, -0.1) is 0 Å². The first-order valence-electron chi connectivity index (χ1n) is 7.23. The van der Waals surface area contributed by atoms with E-state index in [0.717, 1.165) is 5.56 Å². The zero-order valence-electron chi connectivity index (χ0n) is 13.1. The van der Waals surface area contributed by atoms with Gasteiger partial charge in [0.1, 0.15) is 11.6 Å². The predicted octanol–water partition coefficient (Wildman–Crippen LogP) is 3.74. The Balaban J connectivity index is 1.96. The Labute approximate surface area is 134 Å². The number of amides is 1. The number of ether oxygens (including phenoxy) is 1. The molecule has 0 saturated heterocycles. The molecule has 120 valence electrons. The third kappa shape index (κ3) is 4.64. The van der Waals surface area contributed by atoms with Crippen LogP contribution in [0.15, 0.2) is 42.5 Å². The van der Waals surface area contributed by atoms with Crippen molar-refractivity contribution in [1.29, 1.82) is 0 Å². The van der Waals surface area contributed by atoms with E-state index < -0.39 is 5.82 Å². The van der Waals surface area contributed by atoms with Gasteiger partial charge in [0.05, 0.1) is 12.7 Å². The molecule has 0 atom stereocenters.